The molecule has 0 radical (unpaired) electrons. The maximum Gasteiger partial charge on any atom is 0.0899 e. The number of likely N-dealkylation sites (N-methyl/N-ethyl adjacent to an activating group) is 2. The standard InChI is InChI=1S/C21H30N4/c1-6-15(4)23-20(18(7-2)22-8-3)17-14-25-13-12-24(5)19-11-9-10-16(17)21(19)25/h7,9-11,14-15,22H,6,8,12-13H2,1-5H3/b18-7+,23-20?. The van der Waals surface area contributed by atoms with E-state index in [1.165, 1.54) is 22.2 Å². The first kappa shape index (κ1) is 17.6. The first-order valence-electron chi connectivity index (χ1n) is 9.42. The van der Waals surface area contributed by atoms with E-state index < -0.39 is 0 Å². The zero-order valence-corrected chi connectivity index (χ0v) is 16.1. The van der Waals surface area contributed by atoms with Gasteiger partial charge in [0, 0.05) is 49.9 Å². The number of allylic oxidation sites excluding steroid dienone is 2. The highest BCUT2D eigenvalue weighted by molar-refractivity contribution is 6.20. The van der Waals surface area contributed by atoms with E-state index in [4.69, 9.17) is 4.99 Å². The van der Waals surface area contributed by atoms with Gasteiger partial charge in [-0.05, 0) is 33.3 Å². The number of aliphatic imine (C=N–C) groups is 1. The smallest absolute Gasteiger partial charge is 0.0899 e. The van der Waals surface area contributed by atoms with Gasteiger partial charge in [-0.3, -0.25) is 4.99 Å². The minimum Gasteiger partial charge on any atom is -0.384 e. The van der Waals surface area contributed by atoms with E-state index >= 15 is 0 Å². The lowest BCUT2D eigenvalue weighted by molar-refractivity contribution is 0.684. The van der Waals surface area contributed by atoms with Gasteiger partial charge in [-0.15, -0.1) is 0 Å². The molecule has 0 bridgehead atoms. The Balaban J connectivity index is 2.22. The summed E-state index contributed by atoms with van der Waals surface area (Å²) < 4.78 is 2.39. The quantitative estimate of drug-likeness (QED) is 0.801. The fourth-order valence-corrected chi connectivity index (χ4v) is 3.50. The van der Waals surface area contributed by atoms with Crippen molar-refractivity contribution in [3.63, 3.8) is 0 Å². The summed E-state index contributed by atoms with van der Waals surface area (Å²) in [6.07, 6.45) is 5.48. The van der Waals surface area contributed by atoms with Crippen molar-refractivity contribution in [2.45, 2.75) is 46.7 Å². The monoisotopic (exact) mass is 338 g/mol. The second kappa shape index (κ2) is 7.34. The molecular weight excluding hydrogens is 308 g/mol. The number of aromatic nitrogens is 1. The third kappa shape index (κ3) is 3.17. The molecule has 4 nitrogen and oxygen atoms in total. The molecule has 2 aromatic rings. The zero-order chi connectivity index (χ0) is 18.0. The first-order valence-corrected chi connectivity index (χ1v) is 9.42. The maximum absolute atomic E-state index is 5.08. The van der Waals surface area contributed by atoms with Crippen LogP contribution in [0.1, 0.15) is 39.7 Å². The molecule has 134 valence electrons. The molecule has 4 heteroatoms. The number of nitrogens with zero attached hydrogens (tertiary/aromatic N) is 3. The molecule has 0 fully saturated rings. The van der Waals surface area contributed by atoms with Crippen molar-refractivity contribution in [2.24, 2.45) is 4.99 Å². The fourth-order valence-electron chi connectivity index (χ4n) is 3.50. The average molecular weight is 338 g/mol. The summed E-state index contributed by atoms with van der Waals surface area (Å²) in [7, 11) is 2.18. The van der Waals surface area contributed by atoms with Crippen molar-refractivity contribution in [1.82, 2.24) is 9.88 Å². The second-order valence-electron chi connectivity index (χ2n) is 6.80. The molecule has 2 heterocycles. The molecule has 1 aliphatic heterocycles. The van der Waals surface area contributed by atoms with E-state index in [1.807, 2.05) is 0 Å². The molecule has 3 rings (SSSR count). The van der Waals surface area contributed by atoms with Gasteiger partial charge in [0.1, 0.15) is 0 Å². The minimum absolute atomic E-state index is 0.304. The zero-order valence-electron chi connectivity index (χ0n) is 16.1. The van der Waals surface area contributed by atoms with E-state index in [1.54, 1.807) is 0 Å². The van der Waals surface area contributed by atoms with Gasteiger partial charge in [0.15, 0.2) is 0 Å². The number of rotatable bonds is 6. The Hall–Kier alpha value is -2.23. The third-order valence-electron chi connectivity index (χ3n) is 5.07. The maximum atomic E-state index is 5.08. The van der Waals surface area contributed by atoms with Crippen LogP contribution in [0.5, 0.6) is 0 Å². The predicted octanol–water partition coefficient (Wildman–Crippen LogP) is 4.19. The number of anilines is 1. The second-order valence-corrected chi connectivity index (χ2v) is 6.80. The molecule has 25 heavy (non-hydrogen) atoms. The molecule has 1 aromatic carbocycles. The summed E-state index contributed by atoms with van der Waals surface area (Å²) in [6.45, 7) is 11.6. The lowest BCUT2D eigenvalue weighted by Crippen LogP contribution is -2.26. The molecule has 1 aromatic heterocycles. The highest BCUT2D eigenvalue weighted by Gasteiger charge is 2.22. The number of benzene rings is 1. The highest BCUT2D eigenvalue weighted by atomic mass is 15.2. The summed E-state index contributed by atoms with van der Waals surface area (Å²) in [6, 6.07) is 6.91. The average Bonchev–Trinajstić information content (AvgIpc) is 3.01. The van der Waals surface area contributed by atoms with E-state index in [0.717, 1.165) is 37.5 Å². The van der Waals surface area contributed by atoms with Crippen LogP contribution in [0.2, 0.25) is 0 Å². The van der Waals surface area contributed by atoms with Gasteiger partial charge in [-0.1, -0.05) is 25.1 Å². The van der Waals surface area contributed by atoms with Crippen molar-refractivity contribution < 1.29 is 0 Å². The predicted molar refractivity (Wildman–Crippen MR) is 109 cm³/mol. The summed E-state index contributed by atoms with van der Waals surface area (Å²) in [5.74, 6) is 0. The van der Waals surface area contributed by atoms with E-state index in [9.17, 15) is 0 Å². The van der Waals surface area contributed by atoms with Gasteiger partial charge >= 0.3 is 0 Å². The van der Waals surface area contributed by atoms with Crippen molar-refractivity contribution in [3.8, 4) is 0 Å². The van der Waals surface area contributed by atoms with Gasteiger partial charge in [-0.25, -0.2) is 0 Å². The van der Waals surface area contributed by atoms with Crippen LogP contribution in [0, 0.1) is 0 Å². The Bertz CT molecular complexity index is 813. The van der Waals surface area contributed by atoms with Crippen molar-refractivity contribution in [3.05, 3.63) is 41.7 Å². The molecule has 1 N–H and O–H groups in total. The highest BCUT2D eigenvalue weighted by Crippen LogP contribution is 2.34. The molecule has 1 unspecified atom stereocenters. The van der Waals surface area contributed by atoms with Crippen molar-refractivity contribution in [1.29, 1.82) is 0 Å². The Morgan fingerprint density at radius 2 is 2.12 bits per heavy atom. The van der Waals surface area contributed by atoms with Gasteiger partial charge in [-0.2, -0.15) is 0 Å². The van der Waals surface area contributed by atoms with Crippen molar-refractivity contribution in [2.75, 3.05) is 25.0 Å². The van der Waals surface area contributed by atoms with Crippen LogP contribution >= 0.6 is 0 Å². The number of hydrogen-bond acceptors (Lipinski definition) is 3. The Labute approximate surface area is 151 Å². The lowest BCUT2D eigenvalue weighted by atomic mass is 10.0. The van der Waals surface area contributed by atoms with Crippen LogP contribution < -0.4 is 10.2 Å². The molecule has 0 saturated carbocycles. The SMILES string of the molecule is C/C=C(/NCC)C(=NC(C)CC)c1cn2c3c(cccc13)N(C)CC2. The van der Waals surface area contributed by atoms with Crippen LogP contribution in [0.3, 0.4) is 0 Å². The van der Waals surface area contributed by atoms with E-state index in [2.05, 4.69) is 80.0 Å². The Kier molecular flexibility index (Phi) is 5.16. The number of hydrogen-bond donors (Lipinski definition) is 1. The van der Waals surface area contributed by atoms with Crippen molar-refractivity contribution >= 4 is 22.3 Å². The van der Waals surface area contributed by atoms with Crippen LogP contribution in [-0.2, 0) is 6.54 Å². The van der Waals surface area contributed by atoms with Gasteiger partial charge in [0.2, 0.25) is 0 Å². The van der Waals surface area contributed by atoms with E-state index in [-0.39, 0.29) is 0 Å². The molecule has 0 spiro atoms. The van der Waals surface area contributed by atoms with Gasteiger partial charge in [0.05, 0.1) is 22.6 Å². The normalized spacial score (nSPS) is 16.4. The molecule has 0 amide bonds. The van der Waals surface area contributed by atoms with Gasteiger partial charge in [0.25, 0.3) is 0 Å². The molecule has 1 atom stereocenters. The summed E-state index contributed by atoms with van der Waals surface area (Å²) in [4.78, 5) is 7.43. The third-order valence-corrected chi connectivity index (χ3v) is 5.07. The van der Waals surface area contributed by atoms with Crippen LogP contribution in [-0.4, -0.2) is 36.5 Å². The Morgan fingerprint density at radius 1 is 1.32 bits per heavy atom. The van der Waals surface area contributed by atoms with Crippen LogP contribution in [0.4, 0.5) is 5.69 Å². The minimum atomic E-state index is 0.304. The summed E-state index contributed by atoms with van der Waals surface area (Å²) in [5.41, 5.74) is 6.09. The number of para-hydroxylation sites is 1. The lowest BCUT2D eigenvalue weighted by Gasteiger charge is -2.26. The molecule has 0 aliphatic carbocycles. The van der Waals surface area contributed by atoms with E-state index in [0.29, 0.717) is 6.04 Å². The topological polar surface area (TPSA) is 32.6 Å². The summed E-state index contributed by atoms with van der Waals surface area (Å²) >= 11 is 0. The summed E-state index contributed by atoms with van der Waals surface area (Å²) in [5, 5.41) is 4.80. The largest absolute Gasteiger partial charge is 0.384 e. The van der Waals surface area contributed by atoms with Crippen LogP contribution in [0.15, 0.2) is 41.2 Å². The number of nitrogens with one attached hydrogen (secondary N) is 1. The fraction of sp³-hybridized carbons (Fsp3) is 0.476. The van der Waals surface area contributed by atoms with Crippen LogP contribution in [0.25, 0.3) is 10.9 Å². The first-order chi connectivity index (χ1) is 12.1. The Morgan fingerprint density at radius 3 is 2.80 bits per heavy atom. The molecular formula is C21H30N4. The molecule has 1 aliphatic rings. The van der Waals surface area contributed by atoms with Gasteiger partial charge < -0.3 is 14.8 Å². The molecule has 0 saturated heterocycles.